The molecule has 19 heavy (non-hydrogen) atoms. The van der Waals surface area contributed by atoms with Crippen molar-refractivity contribution in [3.05, 3.63) is 23.5 Å². The first-order valence-corrected chi connectivity index (χ1v) is 6.94. The smallest absolute Gasteiger partial charge is 0.269 e. The first-order valence-electron chi connectivity index (χ1n) is 6.16. The van der Waals surface area contributed by atoms with E-state index in [9.17, 15) is 4.79 Å². The Hall–Kier alpha value is -1.80. The fourth-order valence-electron chi connectivity index (χ4n) is 2.13. The average Bonchev–Trinajstić information content (AvgIpc) is 3.11. The van der Waals surface area contributed by atoms with Crippen molar-refractivity contribution < 1.29 is 4.79 Å². The number of aromatic nitrogens is 4. The minimum atomic E-state index is -0.195. The minimum Gasteiger partial charge on any atom is -0.318 e. The lowest BCUT2D eigenvalue weighted by Gasteiger charge is -2.22. The molecule has 0 bridgehead atoms. The van der Waals surface area contributed by atoms with E-state index in [1.165, 1.54) is 6.20 Å². The molecule has 0 atom stereocenters. The normalized spacial score (nSPS) is 16.4. The standard InChI is InChI=1S/C11H14N6OS/c18-11(10-6-13-16-19-10)15-8-5-14-17(7-8)9-1-3-12-4-2-9/h5-7,9,12H,1-4H2,(H,15,18). The van der Waals surface area contributed by atoms with Crippen LogP contribution in [0, 0.1) is 0 Å². The molecule has 3 rings (SSSR count). The number of amides is 1. The van der Waals surface area contributed by atoms with E-state index in [2.05, 4.69) is 25.3 Å². The summed E-state index contributed by atoms with van der Waals surface area (Å²) in [5.41, 5.74) is 0.705. The molecule has 1 aliphatic rings. The number of nitrogens with zero attached hydrogens (tertiary/aromatic N) is 4. The zero-order valence-electron chi connectivity index (χ0n) is 10.2. The molecule has 1 amide bonds. The number of carbonyl (C=O) groups is 1. The van der Waals surface area contributed by atoms with Crippen LogP contribution in [0.5, 0.6) is 0 Å². The summed E-state index contributed by atoms with van der Waals surface area (Å²) >= 11 is 1.08. The van der Waals surface area contributed by atoms with Gasteiger partial charge in [-0.15, -0.1) is 5.10 Å². The third kappa shape index (κ3) is 2.79. The summed E-state index contributed by atoms with van der Waals surface area (Å²) in [6, 6.07) is 0.414. The molecule has 1 saturated heterocycles. The molecule has 2 aromatic heterocycles. The number of hydrogen-bond acceptors (Lipinski definition) is 6. The van der Waals surface area contributed by atoms with E-state index >= 15 is 0 Å². The maximum absolute atomic E-state index is 11.8. The van der Waals surface area contributed by atoms with Crippen LogP contribution in [0.4, 0.5) is 5.69 Å². The highest BCUT2D eigenvalue weighted by Crippen LogP contribution is 2.19. The second kappa shape index (κ2) is 5.45. The quantitative estimate of drug-likeness (QED) is 0.871. The van der Waals surface area contributed by atoms with Gasteiger partial charge in [-0.2, -0.15) is 5.10 Å². The second-order valence-electron chi connectivity index (χ2n) is 4.43. The third-order valence-corrected chi connectivity index (χ3v) is 3.79. The van der Waals surface area contributed by atoms with Crippen molar-refractivity contribution in [1.29, 1.82) is 0 Å². The summed E-state index contributed by atoms with van der Waals surface area (Å²) in [5.74, 6) is -0.195. The van der Waals surface area contributed by atoms with E-state index in [0.717, 1.165) is 37.5 Å². The Morgan fingerprint density at radius 1 is 1.42 bits per heavy atom. The van der Waals surface area contributed by atoms with Gasteiger partial charge in [0, 0.05) is 6.20 Å². The molecule has 0 spiro atoms. The van der Waals surface area contributed by atoms with Crippen LogP contribution in [0.1, 0.15) is 28.6 Å². The van der Waals surface area contributed by atoms with Crippen molar-refractivity contribution in [2.45, 2.75) is 18.9 Å². The van der Waals surface area contributed by atoms with Gasteiger partial charge >= 0.3 is 0 Å². The van der Waals surface area contributed by atoms with Crippen molar-refractivity contribution in [2.24, 2.45) is 0 Å². The van der Waals surface area contributed by atoms with E-state index in [-0.39, 0.29) is 5.91 Å². The molecule has 0 aromatic carbocycles. The Balaban J connectivity index is 1.66. The molecule has 8 heteroatoms. The van der Waals surface area contributed by atoms with Crippen molar-refractivity contribution in [3.8, 4) is 0 Å². The second-order valence-corrected chi connectivity index (χ2v) is 5.21. The highest BCUT2D eigenvalue weighted by Gasteiger charge is 2.16. The summed E-state index contributed by atoms with van der Waals surface area (Å²) in [6.45, 7) is 2.03. The molecule has 1 aliphatic heterocycles. The van der Waals surface area contributed by atoms with Gasteiger partial charge in [-0.1, -0.05) is 4.49 Å². The number of nitrogens with one attached hydrogen (secondary N) is 2. The van der Waals surface area contributed by atoms with Gasteiger partial charge < -0.3 is 10.6 Å². The molecule has 0 aliphatic carbocycles. The van der Waals surface area contributed by atoms with E-state index in [1.54, 1.807) is 6.20 Å². The van der Waals surface area contributed by atoms with E-state index in [1.807, 2.05) is 10.9 Å². The zero-order chi connectivity index (χ0) is 13.1. The molecule has 2 N–H and O–H groups in total. The highest BCUT2D eigenvalue weighted by atomic mass is 32.1. The largest absolute Gasteiger partial charge is 0.318 e. The number of anilines is 1. The Labute approximate surface area is 114 Å². The maximum Gasteiger partial charge on any atom is 0.269 e. The van der Waals surface area contributed by atoms with E-state index in [0.29, 0.717) is 16.6 Å². The monoisotopic (exact) mass is 278 g/mol. The number of carbonyl (C=O) groups excluding carboxylic acids is 1. The first kappa shape index (κ1) is 12.2. The summed E-state index contributed by atoms with van der Waals surface area (Å²) < 4.78 is 5.60. The molecule has 0 unspecified atom stereocenters. The van der Waals surface area contributed by atoms with E-state index in [4.69, 9.17) is 0 Å². The lowest BCUT2D eigenvalue weighted by molar-refractivity contribution is 0.103. The van der Waals surface area contributed by atoms with Gasteiger partial charge in [-0.05, 0) is 37.5 Å². The molecule has 2 aromatic rings. The molecular weight excluding hydrogens is 264 g/mol. The van der Waals surface area contributed by atoms with Crippen LogP contribution in [0.15, 0.2) is 18.6 Å². The van der Waals surface area contributed by atoms with Crippen LogP contribution in [-0.4, -0.2) is 38.4 Å². The van der Waals surface area contributed by atoms with Gasteiger partial charge in [-0.25, -0.2) is 0 Å². The zero-order valence-corrected chi connectivity index (χ0v) is 11.1. The molecule has 7 nitrogen and oxygen atoms in total. The van der Waals surface area contributed by atoms with Crippen molar-refractivity contribution in [2.75, 3.05) is 18.4 Å². The summed E-state index contributed by atoms with van der Waals surface area (Å²) in [4.78, 5) is 12.3. The Morgan fingerprint density at radius 3 is 3.00 bits per heavy atom. The van der Waals surface area contributed by atoms with Gasteiger partial charge in [0.2, 0.25) is 0 Å². The van der Waals surface area contributed by atoms with Gasteiger partial charge in [0.1, 0.15) is 4.88 Å². The van der Waals surface area contributed by atoms with Crippen LogP contribution in [0.2, 0.25) is 0 Å². The first-order chi connectivity index (χ1) is 9.33. The molecule has 0 radical (unpaired) electrons. The highest BCUT2D eigenvalue weighted by molar-refractivity contribution is 7.07. The predicted octanol–water partition coefficient (Wildman–Crippen LogP) is 0.911. The van der Waals surface area contributed by atoms with Crippen LogP contribution >= 0.6 is 11.5 Å². The summed E-state index contributed by atoms with van der Waals surface area (Å²) in [5, 5.41) is 14.1. The molecule has 100 valence electrons. The molecule has 0 saturated carbocycles. The van der Waals surface area contributed by atoms with Crippen LogP contribution in [-0.2, 0) is 0 Å². The Morgan fingerprint density at radius 2 is 2.26 bits per heavy atom. The molecular formula is C11H14N6OS. The van der Waals surface area contributed by atoms with Crippen molar-refractivity contribution in [3.63, 3.8) is 0 Å². The maximum atomic E-state index is 11.8. The van der Waals surface area contributed by atoms with Gasteiger partial charge in [0.25, 0.3) is 5.91 Å². The van der Waals surface area contributed by atoms with Crippen LogP contribution in [0.25, 0.3) is 0 Å². The van der Waals surface area contributed by atoms with Crippen molar-refractivity contribution >= 4 is 23.1 Å². The number of piperidine rings is 1. The SMILES string of the molecule is O=C(Nc1cnn(C2CCNCC2)c1)c1cnns1. The summed E-state index contributed by atoms with van der Waals surface area (Å²) in [6.07, 6.45) is 7.13. The van der Waals surface area contributed by atoms with Gasteiger partial charge in [-0.3, -0.25) is 9.48 Å². The number of hydrogen-bond donors (Lipinski definition) is 2. The van der Waals surface area contributed by atoms with Gasteiger partial charge in [0.05, 0.1) is 24.1 Å². The third-order valence-electron chi connectivity index (χ3n) is 3.13. The van der Waals surface area contributed by atoms with Crippen LogP contribution in [0.3, 0.4) is 0 Å². The molecule has 3 heterocycles. The summed E-state index contributed by atoms with van der Waals surface area (Å²) in [7, 11) is 0. The predicted molar refractivity (Wildman–Crippen MR) is 71.2 cm³/mol. The van der Waals surface area contributed by atoms with Crippen LogP contribution < -0.4 is 10.6 Å². The van der Waals surface area contributed by atoms with Gasteiger partial charge in [0.15, 0.2) is 0 Å². The van der Waals surface area contributed by atoms with E-state index < -0.39 is 0 Å². The fraction of sp³-hybridized carbons (Fsp3) is 0.455. The fourth-order valence-corrected chi connectivity index (χ4v) is 2.54. The average molecular weight is 278 g/mol. The lowest BCUT2D eigenvalue weighted by Crippen LogP contribution is -2.29. The minimum absolute atomic E-state index is 0.195. The lowest BCUT2D eigenvalue weighted by atomic mass is 10.1. The Kier molecular flexibility index (Phi) is 3.51. The molecule has 1 fully saturated rings. The Bertz CT molecular complexity index is 545. The topological polar surface area (TPSA) is 84.7 Å². The van der Waals surface area contributed by atoms with Crippen molar-refractivity contribution in [1.82, 2.24) is 24.7 Å². The number of rotatable bonds is 3.